The van der Waals surface area contributed by atoms with Crippen LogP contribution in [-0.4, -0.2) is 43.0 Å². The number of sulfone groups is 1. The predicted molar refractivity (Wildman–Crippen MR) is 133 cm³/mol. The molecule has 1 aliphatic rings. The molecule has 0 saturated carbocycles. The van der Waals surface area contributed by atoms with Gasteiger partial charge in [-0.3, -0.25) is 9.48 Å². The molecule has 5 rings (SSSR count). The Labute approximate surface area is 204 Å². The number of hydrogen-bond donors (Lipinski definition) is 1. The van der Waals surface area contributed by atoms with Crippen LogP contribution in [0.2, 0.25) is 0 Å². The largest absolute Gasteiger partial charge is 0.487 e. The minimum Gasteiger partial charge on any atom is -0.487 e. The molecule has 0 spiro atoms. The zero-order valence-corrected chi connectivity index (χ0v) is 20.0. The van der Waals surface area contributed by atoms with Crippen molar-refractivity contribution in [2.24, 2.45) is 0 Å². The zero-order chi connectivity index (χ0) is 24.4. The first-order valence-corrected chi connectivity index (χ1v) is 13.2. The van der Waals surface area contributed by atoms with E-state index in [9.17, 15) is 13.2 Å². The Bertz CT molecular complexity index is 1460. The summed E-state index contributed by atoms with van der Waals surface area (Å²) in [4.78, 5) is 13.1. The average molecular weight is 488 g/mol. The van der Waals surface area contributed by atoms with Crippen molar-refractivity contribution in [2.75, 3.05) is 12.8 Å². The Balaban J connectivity index is 1.24. The second-order valence-electron chi connectivity index (χ2n) is 8.65. The second kappa shape index (κ2) is 9.38. The van der Waals surface area contributed by atoms with E-state index in [-0.39, 0.29) is 16.9 Å². The Kier molecular flexibility index (Phi) is 6.13. The van der Waals surface area contributed by atoms with E-state index < -0.39 is 9.84 Å². The molecule has 0 fully saturated rings. The highest BCUT2D eigenvalue weighted by Crippen LogP contribution is 2.38. The number of aromatic nitrogens is 2. The van der Waals surface area contributed by atoms with Crippen molar-refractivity contribution >= 4 is 15.7 Å². The lowest BCUT2D eigenvalue weighted by Crippen LogP contribution is -2.34. The van der Waals surface area contributed by atoms with Crippen molar-refractivity contribution in [3.05, 3.63) is 102 Å². The van der Waals surface area contributed by atoms with Gasteiger partial charge in [-0.15, -0.1) is 0 Å². The summed E-state index contributed by atoms with van der Waals surface area (Å²) in [5.74, 6) is 0.628. The van der Waals surface area contributed by atoms with E-state index in [4.69, 9.17) is 4.74 Å². The third kappa shape index (κ3) is 5.12. The van der Waals surface area contributed by atoms with Gasteiger partial charge in [-0.05, 0) is 47.0 Å². The summed E-state index contributed by atoms with van der Waals surface area (Å²) in [6, 6.07) is 22.1. The first-order valence-electron chi connectivity index (χ1n) is 11.3. The SMILES string of the molecule is CS(=O)(=O)c1ccc(-c2cccc3c2O[C@H](CNC(=O)c2cccc(Cn4cccn4)c2)C3)cc1. The quantitative estimate of drug-likeness (QED) is 0.429. The molecule has 3 aromatic carbocycles. The van der Waals surface area contributed by atoms with E-state index in [0.717, 1.165) is 28.0 Å². The van der Waals surface area contributed by atoms with Crippen LogP contribution in [0, 0.1) is 0 Å². The van der Waals surface area contributed by atoms with Crippen LogP contribution in [0.3, 0.4) is 0 Å². The minimum atomic E-state index is -3.25. The molecular weight excluding hydrogens is 462 g/mol. The Morgan fingerprint density at radius 2 is 1.89 bits per heavy atom. The third-order valence-electron chi connectivity index (χ3n) is 6.01. The fourth-order valence-corrected chi connectivity index (χ4v) is 4.89. The van der Waals surface area contributed by atoms with Crippen LogP contribution >= 0.6 is 0 Å². The van der Waals surface area contributed by atoms with Gasteiger partial charge in [0, 0.05) is 36.2 Å². The molecule has 1 aliphatic heterocycles. The van der Waals surface area contributed by atoms with Gasteiger partial charge in [0.15, 0.2) is 9.84 Å². The number of nitrogens with zero attached hydrogens (tertiary/aromatic N) is 2. The molecule has 0 bridgehead atoms. The summed E-state index contributed by atoms with van der Waals surface area (Å²) < 4.78 is 31.6. The van der Waals surface area contributed by atoms with Gasteiger partial charge in [-0.25, -0.2) is 8.42 Å². The fraction of sp³-hybridized carbons (Fsp3) is 0.185. The third-order valence-corrected chi connectivity index (χ3v) is 7.13. The molecule has 0 saturated heterocycles. The molecule has 4 aromatic rings. The van der Waals surface area contributed by atoms with Crippen molar-refractivity contribution in [1.82, 2.24) is 15.1 Å². The molecule has 178 valence electrons. The van der Waals surface area contributed by atoms with Crippen molar-refractivity contribution < 1.29 is 17.9 Å². The lowest BCUT2D eigenvalue weighted by molar-refractivity contribution is 0.0933. The number of ether oxygens (including phenoxy) is 1. The molecule has 1 N–H and O–H groups in total. The molecule has 1 amide bonds. The van der Waals surface area contributed by atoms with Crippen LogP contribution in [0.25, 0.3) is 11.1 Å². The predicted octanol–water partition coefficient (Wildman–Crippen LogP) is 3.74. The molecule has 2 heterocycles. The number of benzene rings is 3. The molecule has 1 atom stereocenters. The number of nitrogens with one attached hydrogen (secondary N) is 1. The highest BCUT2D eigenvalue weighted by Gasteiger charge is 2.26. The zero-order valence-electron chi connectivity index (χ0n) is 19.2. The van der Waals surface area contributed by atoms with Gasteiger partial charge in [0.25, 0.3) is 5.91 Å². The van der Waals surface area contributed by atoms with Gasteiger partial charge < -0.3 is 10.1 Å². The highest BCUT2D eigenvalue weighted by molar-refractivity contribution is 7.90. The van der Waals surface area contributed by atoms with Crippen LogP contribution in [-0.2, 0) is 22.8 Å². The van der Waals surface area contributed by atoms with E-state index in [1.807, 2.05) is 53.3 Å². The number of para-hydroxylation sites is 1. The van der Waals surface area contributed by atoms with Crippen LogP contribution in [0.15, 0.2) is 90.1 Å². The monoisotopic (exact) mass is 487 g/mol. The highest BCUT2D eigenvalue weighted by atomic mass is 32.2. The summed E-state index contributed by atoms with van der Waals surface area (Å²) in [7, 11) is -3.25. The average Bonchev–Trinajstić information content (AvgIpc) is 3.51. The van der Waals surface area contributed by atoms with E-state index in [0.29, 0.717) is 25.1 Å². The fourth-order valence-electron chi connectivity index (χ4n) is 4.26. The number of carbonyl (C=O) groups excluding carboxylic acids is 1. The molecule has 7 nitrogen and oxygen atoms in total. The normalized spacial score (nSPS) is 14.8. The molecule has 1 aromatic heterocycles. The van der Waals surface area contributed by atoms with Crippen LogP contribution in [0.5, 0.6) is 5.75 Å². The van der Waals surface area contributed by atoms with Crippen LogP contribution < -0.4 is 10.1 Å². The number of amides is 1. The summed E-state index contributed by atoms with van der Waals surface area (Å²) in [6.07, 6.45) is 5.31. The maximum Gasteiger partial charge on any atom is 0.251 e. The van der Waals surface area contributed by atoms with Crippen molar-refractivity contribution in [3.63, 3.8) is 0 Å². The topological polar surface area (TPSA) is 90.3 Å². The first kappa shape index (κ1) is 22.9. The minimum absolute atomic E-state index is 0.150. The smallest absolute Gasteiger partial charge is 0.251 e. The van der Waals surface area contributed by atoms with Gasteiger partial charge in [-0.1, -0.05) is 42.5 Å². The lowest BCUT2D eigenvalue weighted by atomic mass is 10.0. The molecule has 0 radical (unpaired) electrons. The maximum atomic E-state index is 12.8. The summed E-state index contributed by atoms with van der Waals surface area (Å²) in [5, 5.41) is 7.20. The Hall–Kier alpha value is -3.91. The molecule has 0 unspecified atom stereocenters. The second-order valence-corrected chi connectivity index (χ2v) is 10.7. The lowest BCUT2D eigenvalue weighted by Gasteiger charge is -2.14. The van der Waals surface area contributed by atoms with E-state index in [2.05, 4.69) is 10.4 Å². The van der Waals surface area contributed by atoms with Crippen LogP contribution in [0.1, 0.15) is 21.5 Å². The number of fused-ring (bicyclic) bond motifs is 1. The Morgan fingerprint density at radius 3 is 2.63 bits per heavy atom. The van der Waals surface area contributed by atoms with Crippen molar-refractivity contribution in [2.45, 2.75) is 24.0 Å². The van der Waals surface area contributed by atoms with E-state index in [1.165, 1.54) is 6.26 Å². The Morgan fingerprint density at radius 1 is 1.09 bits per heavy atom. The summed E-state index contributed by atoms with van der Waals surface area (Å²) >= 11 is 0. The number of carbonyl (C=O) groups is 1. The van der Waals surface area contributed by atoms with Gasteiger partial charge in [0.05, 0.1) is 18.0 Å². The van der Waals surface area contributed by atoms with Crippen LogP contribution in [0.4, 0.5) is 0 Å². The molecule has 8 heteroatoms. The molecular formula is C27H25N3O4S. The number of rotatable bonds is 7. The van der Waals surface area contributed by atoms with E-state index >= 15 is 0 Å². The van der Waals surface area contributed by atoms with Gasteiger partial charge in [-0.2, -0.15) is 5.10 Å². The standard InChI is InChI=1S/C27H25N3O4S/c1-35(32,33)24-11-9-20(10-12-24)25-8-3-6-21-16-23(34-26(21)25)17-28-27(31)22-7-2-5-19(15-22)18-30-14-4-13-29-30/h2-15,23H,16-18H2,1H3,(H,28,31)/t23-/m0/s1. The molecule has 0 aliphatic carbocycles. The van der Waals surface area contributed by atoms with Crippen molar-refractivity contribution in [3.8, 4) is 16.9 Å². The summed E-state index contributed by atoms with van der Waals surface area (Å²) in [5.41, 5.74) is 4.44. The van der Waals surface area contributed by atoms with Gasteiger partial charge in [0.1, 0.15) is 11.9 Å². The number of hydrogen-bond acceptors (Lipinski definition) is 5. The first-order chi connectivity index (χ1) is 16.9. The van der Waals surface area contributed by atoms with Crippen molar-refractivity contribution in [1.29, 1.82) is 0 Å². The maximum absolute atomic E-state index is 12.8. The molecule has 35 heavy (non-hydrogen) atoms. The van der Waals surface area contributed by atoms with Gasteiger partial charge in [0.2, 0.25) is 0 Å². The summed E-state index contributed by atoms with van der Waals surface area (Å²) in [6.45, 7) is 0.979. The van der Waals surface area contributed by atoms with E-state index in [1.54, 1.807) is 36.5 Å². The van der Waals surface area contributed by atoms with Gasteiger partial charge >= 0.3 is 0 Å².